The average molecular weight is 634 g/mol. The smallest absolute Gasteiger partial charge is 0.323 e. The molecule has 3 heterocycles. The Labute approximate surface area is 276 Å². The molecule has 0 fully saturated rings. The van der Waals surface area contributed by atoms with Crippen molar-refractivity contribution >= 4 is 28.4 Å². The number of hydrogen-bond acceptors (Lipinski definition) is 6. The number of ether oxygens (including phenoxy) is 2. The van der Waals surface area contributed by atoms with Crippen LogP contribution in [0.25, 0.3) is 22.2 Å². The van der Waals surface area contributed by atoms with E-state index >= 15 is 0 Å². The van der Waals surface area contributed by atoms with Gasteiger partial charge in [0.2, 0.25) is 0 Å². The summed E-state index contributed by atoms with van der Waals surface area (Å²) in [5, 5.41) is 6.86. The highest BCUT2D eigenvalue weighted by atomic mass is 16.5. The Morgan fingerprint density at radius 1 is 0.894 bits per heavy atom. The second-order valence-electron chi connectivity index (χ2n) is 12.2. The lowest BCUT2D eigenvalue weighted by molar-refractivity contribution is 0.262. The van der Waals surface area contributed by atoms with Crippen LogP contribution in [0.4, 0.5) is 16.2 Å². The molecule has 0 aliphatic heterocycles. The van der Waals surface area contributed by atoms with E-state index in [1.165, 1.54) is 0 Å². The molecule has 9 heteroatoms. The quantitative estimate of drug-likeness (QED) is 0.142. The second-order valence-corrected chi connectivity index (χ2v) is 12.2. The molecule has 244 valence electrons. The van der Waals surface area contributed by atoms with E-state index in [0.717, 1.165) is 40.5 Å². The van der Waals surface area contributed by atoms with Crippen LogP contribution < -0.4 is 25.7 Å². The minimum atomic E-state index is -0.510. The van der Waals surface area contributed by atoms with Crippen molar-refractivity contribution in [3.05, 3.63) is 106 Å². The number of aryl methyl sites for hydroxylation is 1. The standard InChI is InChI=1S/C38H43N5O4/c1-7-8-18-43-36-30(15-11-17-40-36)33(27-13-9-14-28(19-27)46-6)35(37(43)44)42-38(45)41-34-31(24(2)3)20-29(21-32(34)25(4)5)47-23-26-12-10-16-39-22-26/h9-17,19-22,24-25H,7-8,18,23H2,1-6H3,(H2,41,42,45). The highest BCUT2D eigenvalue weighted by Gasteiger charge is 2.23. The Morgan fingerprint density at radius 3 is 2.28 bits per heavy atom. The highest BCUT2D eigenvalue weighted by Crippen LogP contribution is 2.38. The first-order valence-corrected chi connectivity index (χ1v) is 16.1. The van der Waals surface area contributed by atoms with Crippen LogP contribution in [-0.2, 0) is 13.2 Å². The average Bonchev–Trinajstić information content (AvgIpc) is 3.08. The van der Waals surface area contributed by atoms with Gasteiger partial charge in [-0.2, -0.15) is 0 Å². The molecule has 5 rings (SSSR count). The fourth-order valence-electron chi connectivity index (χ4n) is 5.70. The normalized spacial score (nSPS) is 11.2. The van der Waals surface area contributed by atoms with Crippen LogP contribution in [0.2, 0.25) is 0 Å². The van der Waals surface area contributed by atoms with Gasteiger partial charge in [-0.1, -0.05) is 59.2 Å². The summed E-state index contributed by atoms with van der Waals surface area (Å²) in [6, 6.07) is 18.5. The number of nitrogens with one attached hydrogen (secondary N) is 2. The molecule has 0 saturated heterocycles. The monoisotopic (exact) mass is 633 g/mol. The van der Waals surface area contributed by atoms with Crippen molar-refractivity contribution in [2.75, 3.05) is 17.7 Å². The second kappa shape index (κ2) is 14.9. The highest BCUT2D eigenvalue weighted by molar-refractivity contribution is 6.08. The van der Waals surface area contributed by atoms with Crippen LogP contribution in [0.3, 0.4) is 0 Å². The van der Waals surface area contributed by atoms with E-state index in [0.29, 0.717) is 41.5 Å². The molecule has 0 bridgehead atoms. The van der Waals surface area contributed by atoms with Crippen molar-refractivity contribution in [2.45, 2.75) is 72.4 Å². The third kappa shape index (κ3) is 7.46. The van der Waals surface area contributed by atoms with Crippen LogP contribution in [0.5, 0.6) is 11.5 Å². The van der Waals surface area contributed by atoms with Crippen molar-refractivity contribution < 1.29 is 14.3 Å². The summed E-state index contributed by atoms with van der Waals surface area (Å²) in [5.41, 5.74) is 5.30. The van der Waals surface area contributed by atoms with Gasteiger partial charge in [-0.15, -0.1) is 0 Å². The molecule has 5 aromatic rings. The topological polar surface area (TPSA) is 107 Å². The van der Waals surface area contributed by atoms with Gasteiger partial charge in [0.25, 0.3) is 5.56 Å². The van der Waals surface area contributed by atoms with E-state index in [-0.39, 0.29) is 23.1 Å². The van der Waals surface area contributed by atoms with Gasteiger partial charge in [0.05, 0.1) is 7.11 Å². The Kier molecular flexibility index (Phi) is 10.6. The van der Waals surface area contributed by atoms with Crippen LogP contribution in [0.15, 0.2) is 84.0 Å². The van der Waals surface area contributed by atoms with Gasteiger partial charge in [-0.25, -0.2) is 9.78 Å². The number of fused-ring (bicyclic) bond motifs is 1. The zero-order valence-corrected chi connectivity index (χ0v) is 28.0. The molecule has 0 spiro atoms. The lowest BCUT2D eigenvalue weighted by atomic mass is 9.92. The van der Waals surface area contributed by atoms with Gasteiger partial charge in [0, 0.05) is 47.3 Å². The molecule has 0 aliphatic rings. The number of unbranched alkanes of at least 4 members (excludes halogenated alkanes) is 1. The number of urea groups is 1. The van der Waals surface area contributed by atoms with Crippen molar-refractivity contribution in [1.29, 1.82) is 0 Å². The molecule has 0 radical (unpaired) electrons. The third-order valence-corrected chi connectivity index (χ3v) is 8.14. The number of anilines is 2. The summed E-state index contributed by atoms with van der Waals surface area (Å²) >= 11 is 0. The van der Waals surface area contributed by atoms with Crippen molar-refractivity contribution in [3.63, 3.8) is 0 Å². The van der Waals surface area contributed by atoms with E-state index in [1.807, 2.05) is 60.7 Å². The first kappa shape index (κ1) is 33.2. The van der Waals surface area contributed by atoms with Crippen molar-refractivity contribution in [2.24, 2.45) is 0 Å². The summed E-state index contributed by atoms with van der Waals surface area (Å²) in [6.45, 7) is 11.3. The lowest BCUT2D eigenvalue weighted by Gasteiger charge is -2.23. The van der Waals surface area contributed by atoms with Gasteiger partial charge >= 0.3 is 6.03 Å². The molecular weight excluding hydrogens is 590 g/mol. The van der Waals surface area contributed by atoms with Crippen LogP contribution >= 0.6 is 0 Å². The molecule has 2 amide bonds. The fourth-order valence-corrected chi connectivity index (χ4v) is 5.70. The number of benzene rings is 2. The van der Waals surface area contributed by atoms with Crippen LogP contribution in [0.1, 0.15) is 76.0 Å². The molecule has 2 aromatic carbocycles. The first-order chi connectivity index (χ1) is 22.7. The molecule has 0 atom stereocenters. The number of rotatable bonds is 12. The third-order valence-electron chi connectivity index (χ3n) is 8.14. The fraction of sp³-hybridized carbons (Fsp3) is 0.316. The number of hydrogen-bond donors (Lipinski definition) is 2. The Balaban J connectivity index is 1.58. The maximum absolute atomic E-state index is 14.2. The summed E-state index contributed by atoms with van der Waals surface area (Å²) in [4.78, 5) is 37.0. The summed E-state index contributed by atoms with van der Waals surface area (Å²) in [6.07, 6.45) is 6.90. The zero-order chi connectivity index (χ0) is 33.5. The van der Waals surface area contributed by atoms with Gasteiger partial charge < -0.3 is 20.1 Å². The molecule has 0 unspecified atom stereocenters. The van der Waals surface area contributed by atoms with Crippen molar-refractivity contribution in [3.8, 4) is 22.6 Å². The van der Waals surface area contributed by atoms with Gasteiger partial charge in [-0.05, 0) is 77.4 Å². The maximum Gasteiger partial charge on any atom is 0.323 e. The first-order valence-electron chi connectivity index (χ1n) is 16.1. The van der Waals surface area contributed by atoms with Crippen molar-refractivity contribution in [1.82, 2.24) is 14.5 Å². The van der Waals surface area contributed by atoms with E-state index in [4.69, 9.17) is 9.47 Å². The molecule has 47 heavy (non-hydrogen) atoms. The van der Waals surface area contributed by atoms with Crippen LogP contribution in [0, 0.1) is 0 Å². The van der Waals surface area contributed by atoms with E-state index in [2.05, 4.69) is 55.2 Å². The maximum atomic E-state index is 14.2. The lowest BCUT2D eigenvalue weighted by Crippen LogP contribution is -2.30. The number of aromatic nitrogens is 3. The van der Waals surface area contributed by atoms with E-state index in [1.54, 1.807) is 30.3 Å². The minimum absolute atomic E-state index is 0.0788. The molecule has 2 N–H and O–H groups in total. The summed E-state index contributed by atoms with van der Waals surface area (Å²) in [7, 11) is 1.60. The molecule has 0 saturated carbocycles. The SMILES string of the molecule is CCCCn1c(=O)c(NC(=O)Nc2c(C(C)C)cc(OCc3cccnc3)cc2C(C)C)c(-c2cccc(OC)c2)c2cccnc21. The number of carbonyl (C=O) groups is 1. The summed E-state index contributed by atoms with van der Waals surface area (Å²) in [5.74, 6) is 1.51. The number of pyridine rings is 3. The largest absolute Gasteiger partial charge is 0.497 e. The number of amides is 2. The Hall–Kier alpha value is -5.18. The zero-order valence-electron chi connectivity index (χ0n) is 28.0. The predicted octanol–water partition coefficient (Wildman–Crippen LogP) is 8.74. The van der Waals surface area contributed by atoms with E-state index in [9.17, 15) is 9.59 Å². The van der Waals surface area contributed by atoms with Gasteiger partial charge in [-0.3, -0.25) is 14.3 Å². The van der Waals surface area contributed by atoms with Crippen LogP contribution in [-0.4, -0.2) is 27.7 Å². The molecule has 3 aromatic heterocycles. The molecule has 9 nitrogen and oxygen atoms in total. The number of nitrogens with zero attached hydrogens (tertiary/aromatic N) is 3. The molecular formula is C38H43N5O4. The minimum Gasteiger partial charge on any atom is -0.497 e. The molecule has 0 aliphatic carbocycles. The number of carbonyl (C=O) groups excluding carboxylic acids is 1. The summed E-state index contributed by atoms with van der Waals surface area (Å²) < 4.78 is 13.4. The van der Waals surface area contributed by atoms with E-state index < -0.39 is 6.03 Å². The Bertz CT molecular complexity index is 1890. The van der Waals surface area contributed by atoms with Gasteiger partial charge in [0.1, 0.15) is 29.4 Å². The Morgan fingerprint density at radius 2 is 1.62 bits per heavy atom. The van der Waals surface area contributed by atoms with Gasteiger partial charge in [0.15, 0.2) is 0 Å². The predicted molar refractivity (Wildman–Crippen MR) is 189 cm³/mol. The number of methoxy groups -OCH3 is 1.